The van der Waals surface area contributed by atoms with Crippen LogP contribution < -0.4 is 21.2 Å². The number of hydrogen-bond donors (Lipinski definition) is 0. The Morgan fingerprint density at radius 1 is 1.08 bits per heavy atom. The van der Waals surface area contributed by atoms with Gasteiger partial charge in [-0.2, -0.15) is 0 Å². The minimum absolute atomic E-state index is 0.314. The monoisotopic (exact) mass is 275 g/mol. The summed E-state index contributed by atoms with van der Waals surface area (Å²) in [5.74, 6) is 0. The standard InChI is InChI=1S/C11H16I/c1-2-3-7-10-12-11-8-5-4-6-9-11/h4-6,8-9H,2-3,7,10H2,1H3/q+1. The summed E-state index contributed by atoms with van der Waals surface area (Å²) in [5, 5.41) is 0. The van der Waals surface area contributed by atoms with Crippen LogP contribution in [-0.2, 0) is 0 Å². The Kier molecular flexibility index (Phi) is 5.41. The molecule has 0 N–H and O–H groups in total. The maximum Gasteiger partial charge on any atom is 0.313 e. The van der Waals surface area contributed by atoms with Crippen LogP contribution >= 0.6 is 0 Å². The molecular formula is C11H16I+. The Hall–Kier alpha value is -0.0500. The van der Waals surface area contributed by atoms with E-state index in [0.717, 1.165) is 0 Å². The van der Waals surface area contributed by atoms with E-state index in [-0.39, 0.29) is 0 Å². The average molecular weight is 275 g/mol. The number of unbranched alkanes of at least 4 members (excludes halogenated alkanes) is 2. The third-order valence-electron chi connectivity index (χ3n) is 1.72. The first-order valence-corrected chi connectivity index (χ1v) is 7.18. The molecule has 0 aliphatic heterocycles. The maximum atomic E-state index is 2.26. The molecule has 1 aromatic carbocycles. The van der Waals surface area contributed by atoms with E-state index in [2.05, 4.69) is 37.3 Å². The molecule has 0 spiro atoms. The van der Waals surface area contributed by atoms with Crippen molar-refractivity contribution in [2.45, 2.75) is 26.2 Å². The van der Waals surface area contributed by atoms with Crippen molar-refractivity contribution < 1.29 is 21.2 Å². The highest BCUT2D eigenvalue weighted by Crippen LogP contribution is 1.88. The van der Waals surface area contributed by atoms with Crippen molar-refractivity contribution in [2.24, 2.45) is 0 Å². The molecule has 1 heteroatoms. The lowest BCUT2D eigenvalue weighted by molar-refractivity contribution is -0.627. The normalized spacial score (nSPS) is 10.1. The van der Waals surface area contributed by atoms with Gasteiger partial charge in [0, 0.05) is 0 Å². The fourth-order valence-corrected chi connectivity index (χ4v) is 3.49. The van der Waals surface area contributed by atoms with E-state index in [4.69, 9.17) is 0 Å². The second-order valence-corrected chi connectivity index (χ2v) is 5.91. The molecule has 0 fully saturated rings. The number of halogens is 1. The van der Waals surface area contributed by atoms with Crippen molar-refractivity contribution in [1.29, 1.82) is 0 Å². The molecule has 0 unspecified atom stereocenters. The van der Waals surface area contributed by atoms with Gasteiger partial charge in [-0.05, 0) is 25.0 Å². The van der Waals surface area contributed by atoms with Gasteiger partial charge in [0.05, 0.1) is 0 Å². The fraction of sp³-hybridized carbons (Fsp3) is 0.455. The molecular weight excluding hydrogens is 259 g/mol. The maximum absolute atomic E-state index is 2.26. The summed E-state index contributed by atoms with van der Waals surface area (Å²) >= 11 is 0.314. The summed E-state index contributed by atoms with van der Waals surface area (Å²) in [6, 6.07) is 10.9. The topological polar surface area (TPSA) is 0 Å². The largest absolute Gasteiger partial charge is 0.313 e. The third kappa shape index (κ3) is 4.10. The molecule has 1 aromatic rings. The first-order valence-electron chi connectivity index (χ1n) is 4.57. The molecule has 0 heterocycles. The van der Waals surface area contributed by atoms with Crippen molar-refractivity contribution in [1.82, 2.24) is 0 Å². The van der Waals surface area contributed by atoms with E-state index < -0.39 is 0 Å². The van der Waals surface area contributed by atoms with E-state index in [1.54, 1.807) is 3.57 Å². The lowest BCUT2D eigenvalue weighted by atomic mass is 10.3. The Morgan fingerprint density at radius 2 is 1.83 bits per heavy atom. The molecule has 66 valence electrons. The molecule has 12 heavy (non-hydrogen) atoms. The number of benzene rings is 1. The van der Waals surface area contributed by atoms with Crippen LogP contribution in [0.5, 0.6) is 0 Å². The average Bonchev–Trinajstić information content (AvgIpc) is 2.14. The van der Waals surface area contributed by atoms with Crippen molar-refractivity contribution in [3.8, 4) is 0 Å². The molecule has 0 bridgehead atoms. The summed E-state index contributed by atoms with van der Waals surface area (Å²) in [6.45, 7) is 2.26. The van der Waals surface area contributed by atoms with Crippen molar-refractivity contribution >= 4 is 0 Å². The second-order valence-electron chi connectivity index (χ2n) is 2.83. The summed E-state index contributed by atoms with van der Waals surface area (Å²) < 4.78 is 3.05. The first kappa shape index (κ1) is 10.0. The zero-order valence-corrected chi connectivity index (χ0v) is 9.75. The van der Waals surface area contributed by atoms with Crippen molar-refractivity contribution in [3.63, 3.8) is 0 Å². The molecule has 0 nitrogen and oxygen atoms in total. The zero-order chi connectivity index (χ0) is 8.65. The molecule has 0 saturated heterocycles. The Balaban J connectivity index is 2.16. The van der Waals surface area contributed by atoms with E-state index in [1.165, 1.54) is 23.7 Å². The van der Waals surface area contributed by atoms with Gasteiger partial charge in [-0.3, -0.25) is 0 Å². The van der Waals surface area contributed by atoms with Gasteiger partial charge in [0.15, 0.2) is 3.57 Å². The minimum atomic E-state index is 0.314. The molecule has 0 radical (unpaired) electrons. The van der Waals surface area contributed by atoms with Crippen LogP contribution in [0.15, 0.2) is 30.3 Å². The number of hydrogen-bond acceptors (Lipinski definition) is 0. The molecule has 1 rings (SSSR count). The molecule has 0 aliphatic carbocycles. The van der Waals surface area contributed by atoms with Gasteiger partial charge in [0.2, 0.25) is 0 Å². The highest BCUT2D eigenvalue weighted by molar-refractivity contribution is 4.98. The Labute approximate surface area is 85.6 Å². The smallest absolute Gasteiger partial charge is 0.0654 e. The fourth-order valence-electron chi connectivity index (χ4n) is 1.02. The minimum Gasteiger partial charge on any atom is -0.0654 e. The van der Waals surface area contributed by atoms with Crippen LogP contribution in [0.4, 0.5) is 0 Å². The van der Waals surface area contributed by atoms with Crippen LogP contribution in [0.3, 0.4) is 0 Å². The predicted molar refractivity (Wildman–Crippen MR) is 49.5 cm³/mol. The molecule has 0 aliphatic rings. The lowest BCUT2D eigenvalue weighted by Gasteiger charge is -1.86. The van der Waals surface area contributed by atoms with Gasteiger partial charge in [0.1, 0.15) is 4.43 Å². The van der Waals surface area contributed by atoms with Crippen LogP contribution in [0.2, 0.25) is 0 Å². The summed E-state index contributed by atoms with van der Waals surface area (Å²) in [7, 11) is 0. The number of rotatable bonds is 5. The zero-order valence-electron chi connectivity index (χ0n) is 7.59. The van der Waals surface area contributed by atoms with E-state index >= 15 is 0 Å². The quantitative estimate of drug-likeness (QED) is 0.407. The van der Waals surface area contributed by atoms with E-state index in [1.807, 2.05) is 0 Å². The van der Waals surface area contributed by atoms with Gasteiger partial charge in [-0.1, -0.05) is 31.5 Å². The molecule has 0 saturated carbocycles. The third-order valence-corrected chi connectivity index (χ3v) is 4.62. The molecule has 0 atom stereocenters. The molecule has 0 amide bonds. The van der Waals surface area contributed by atoms with E-state index in [0.29, 0.717) is 21.2 Å². The van der Waals surface area contributed by atoms with Crippen LogP contribution in [0.25, 0.3) is 0 Å². The van der Waals surface area contributed by atoms with Gasteiger partial charge in [-0.25, -0.2) is 0 Å². The highest BCUT2D eigenvalue weighted by Gasteiger charge is 2.08. The van der Waals surface area contributed by atoms with E-state index in [9.17, 15) is 0 Å². The van der Waals surface area contributed by atoms with Crippen LogP contribution in [0.1, 0.15) is 26.2 Å². The summed E-state index contributed by atoms with van der Waals surface area (Å²) in [4.78, 5) is 0. The summed E-state index contributed by atoms with van der Waals surface area (Å²) in [5.41, 5.74) is 0. The number of alkyl halides is 1. The van der Waals surface area contributed by atoms with Crippen molar-refractivity contribution in [3.05, 3.63) is 33.9 Å². The summed E-state index contributed by atoms with van der Waals surface area (Å²) in [6.07, 6.45) is 4.18. The van der Waals surface area contributed by atoms with Gasteiger partial charge >= 0.3 is 21.2 Å². The predicted octanol–water partition coefficient (Wildman–Crippen LogP) is 0.135. The van der Waals surface area contributed by atoms with Gasteiger partial charge in [0.25, 0.3) is 0 Å². The van der Waals surface area contributed by atoms with Gasteiger partial charge < -0.3 is 0 Å². The highest BCUT2D eigenvalue weighted by atomic mass is 127. The van der Waals surface area contributed by atoms with Crippen LogP contribution in [-0.4, -0.2) is 4.43 Å². The first-order chi connectivity index (χ1) is 5.93. The Morgan fingerprint density at radius 3 is 2.50 bits per heavy atom. The molecule has 0 aromatic heterocycles. The van der Waals surface area contributed by atoms with Crippen LogP contribution in [0, 0.1) is 3.57 Å². The van der Waals surface area contributed by atoms with Gasteiger partial charge in [-0.15, -0.1) is 0 Å². The van der Waals surface area contributed by atoms with Crippen molar-refractivity contribution in [2.75, 3.05) is 4.43 Å². The second kappa shape index (κ2) is 6.46. The Bertz CT molecular complexity index is 193. The lowest BCUT2D eigenvalue weighted by Crippen LogP contribution is -3.62. The SMILES string of the molecule is CCCCC[I+]c1ccccc1.